The van der Waals surface area contributed by atoms with E-state index in [4.69, 9.17) is 4.74 Å². The van der Waals surface area contributed by atoms with Gasteiger partial charge in [-0.2, -0.15) is 5.26 Å². The Hall–Kier alpha value is -3.64. The zero-order valence-corrected chi connectivity index (χ0v) is 16.7. The Morgan fingerprint density at radius 2 is 2.00 bits per heavy atom. The fourth-order valence-electron chi connectivity index (χ4n) is 3.31. The molecule has 0 saturated heterocycles. The molecule has 2 aromatic heterocycles. The second-order valence-corrected chi connectivity index (χ2v) is 8.38. The van der Waals surface area contributed by atoms with Crippen molar-refractivity contribution in [1.82, 2.24) is 9.12 Å². The van der Waals surface area contributed by atoms with Gasteiger partial charge in [0.25, 0.3) is 10.0 Å². The molecule has 1 aromatic carbocycles. The van der Waals surface area contributed by atoms with Crippen LogP contribution in [-0.2, 0) is 26.2 Å². The zero-order valence-electron chi connectivity index (χ0n) is 15.9. The molecule has 0 unspecified atom stereocenters. The van der Waals surface area contributed by atoms with Gasteiger partial charge in [-0.1, -0.05) is 18.2 Å². The van der Waals surface area contributed by atoms with Crippen LogP contribution in [0.25, 0.3) is 5.52 Å². The normalized spacial score (nSPS) is 15.5. The van der Waals surface area contributed by atoms with Crippen LogP contribution in [0, 0.1) is 11.3 Å². The van der Waals surface area contributed by atoms with E-state index in [0.29, 0.717) is 23.1 Å². The van der Waals surface area contributed by atoms with E-state index in [0.717, 1.165) is 5.52 Å². The highest BCUT2D eigenvalue weighted by molar-refractivity contribution is 7.90. The molecule has 1 aliphatic heterocycles. The van der Waals surface area contributed by atoms with Gasteiger partial charge in [0.2, 0.25) is 0 Å². The lowest BCUT2D eigenvalue weighted by Gasteiger charge is -2.03. The largest absolute Gasteiger partial charge is 0.461 e. The summed E-state index contributed by atoms with van der Waals surface area (Å²) in [6, 6.07) is 14.3. The number of aromatic nitrogens is 1. The lowest BCUT2D eigenvalue weighted by molar-refractivity contribution is -0.145. The van der Waals surface area contributed by atoms with E-state index in [2.05, 4.69) is 15.8 Å². The molecule has 0 spiro atoms. The number of hydrogen-bond donors (Lipinski definition) is 1. The molecule has 0 fully saturated rings. The van der Waals surface area contributed by atoms with Crippen molar-refractivity contribution in [3.63, 3.8) is 0 Å². The van der Waals surface area contributed by atoms with Crippen LogP contribution in [0.3, 0.4) is 0 Å². The first kappa shape index (κ1) is 19.7. The van der Waals surface area contributed by atoms with E-state index in [1.54, 1.807) is 24.4 Å². The molecule has 4 rings (SSSR count). The SMILES string of the molecule is N#Cc1c(COC(=O)CCCN=C2NS(=O)(=O)c3ccccc32)cn2ccccc12. The van der Waals surface area contributed by atoms with Gasteiger partial charge >= 0.3 is 5.97 Å². The number of nitriles is 1. The topological polar surface area (TPSA) is 113 Å². The highest BCUT2D eigenvalue weighted by Crippen LogP contribution is 2.22. The molecule has 9 heteroatoms. The van der Waals surface area contributed by atoms with Crippen molar-refractivity contribution in [2.24, 2.45) is 4.99 Å². The second kappa shape index (κ2) is 8.00. The Balaban J connectivity index is 1.32. The maximum atomic E-state index is 12.1. The Labute approximate surface area is 173 Å². The van der Waals surface area contributed by atoms with Gasteiger partial charge < -0.3 is 9.14 Å². The number of nitrogens with one attached hydrogen (secondary N) is 1. The molecule has 152 valence electrons. The molecular weight excluding hydrogens is 404 g/mol. The molecule has 0 amide bonds. The van der Waals surface area contributed by atoms with Crippen LogP contribution in [0.15, 0.2) is 64.7 Å². The molecule has 3 aromatic rings. The number of amidine groups is 1. The summed E-state index contributed by atoms with van der Waals surface area (Å²) in [4.78, 5) is 16.5. The van der Waals surface area contributed by atoms with E-state index in [1.807, 2.05) is 28.8 Å². The van der Waals surface area contributed by atoms with E-state index >= 15 is 0 Å². The number of pyridine rings is 1. The Bertz CT molecular complexity index is 1300. The number of hydrogen-bond acceptors (Lipinski definition) is 6. The summed E-state index contributed by atoms with van der Waals surface area (Å²) in [6.45, 7) is 0.298. The number of carbonyl (C=O) groups is 1. The Morgan fingerprint density at radius 1 is 1.20 bits per heavy atom. The van der Waals surface area contributed by atoms with Crippen molar-refractivity contribution < 1.29 is 17.9 Å². The molecule has 0 radical (unpaired) electrons. The summed E-state index contributed by atoms with van der Waals surface area (Å²) < 4.78 is 33.6. The van der Waals surface area contributed by atoms with E-state index in [9.17, 15) is 18.5 Å². The van der Waals surface area contributed by atoms with Crippen molar-refractivity contribution in [1.29, 1.82) is 5.26 Å². The molecule has 1 aliphatic rings. The number of ether oxygens (including phenoxy) is 1. The minimum atomic E-state index is -3.57. The van der Waals surface area contributed by atoms with Gasteiger partial charge in [-0.3, -0.25) is 14.5 Å². The van der Waals surface area contributed by atoms with Gasteiger partial charge in [0.15, 0.2) is 0 Å². The fraction of sp³-hybridized carbons (Fsp3) is 0.190. The third kappa shape index (κ3) is 3.77. The molecule has 0 saturated carbocycles. The van der Waals surface area contributed by atoms with Crippen molar-refractivity contribution in [2.75, 3.05) is 6.54 Å². The van der Waals surface area contributed by atoms with Gasteiger partial charge in [-0.15, -0.1) is 0 Å². The minimum Gasteiger partial charge on any atom is -0.461 e. The predicted molar refractivity (Wildman–Crippen MR) is 109 cm³/mol. The average Bonchev–Trinajstić information content (AvgIpc) is 3.24. The molecule has 30 heavy (non-hydrogen) atoms. The number of rotatable bonds is 6. The van der Waals surface area contributed by atoms with E-state index < -0.39 is 16.0 Å². The first-order chi connectivity index (χ1) is 14.5. The van der Waals surface area contributed by atoms with Crippen LogP contribution in [0.1, 0.15) is 29.5 Å². The van der Waals surface area contributed by atoms with Gasteiger partial charge in [0, 0.05) is 36.5 Å². The van der Waals surface area contributed by atoms with Crippen LogP contribution in [0.2, 0.25) is 0 Å². The number of aliphatic imine (C=N–C) groups is 1. The van der Waals surface area contributed by atoms with Gasteiger partial charge in [-0.05, 0) is 30.7 Å². The second-order valence-electron chi connectivity index (χ2n) is 6.73. The molecule has 3 heterocycles. The predicted octanol–water partition coefficient (Wildman–Crippen LogP) is 2.37. The summed E-state index contributed by atoms with van der Waals surface area (Å²) >= 11 is 0. The summed E-state index contributed by atoms with van der Waals surface area (Å²) in [6.07, 6.45) is 4.16. The summed E-state index contributed by atoms with van der Waals surface area (Å²) in [7, 11) is -3.57. The van der Waals surface area contributed by atoms with Crippen molar-refractivity contribution in [3.8, 4) is 6.07 Å². The zero-order chi connectivity index (χ0) is 21.1. The molecule has 1 N–H and O–H groups in total. The van der Waals surface area contributed by atoms with Gasteiger partial charge in [0.05, 0.1) is 16.0 Å². The van der Waals surface area contributed by atoms with Crippen LogP contribution in [-0.4, -0.2) is 31.2 Å². The highest BCUT2D eigenvalue weighted by Gasteiger charge is 2.29. The Kier molecular flexibility index (Phi) is 5.25. The van der Waals surface area contributed by atoms with Gasteiger partial charge in [0.1, 0.15) is 18.5 Å². The first-order valence-corrected chi connectivity index (χ1v) is 10.8. The minimum absolute atomic E-state index is 0.0189. The number of carbonyl (C=O) groups excluding carboxylic acids is 1. The summed E-state index contributed by atoms with van der Waals surface area (Å²) in [5.74, 6) is -0.111. The van der Waals surface area contributed by atoms with Crippen LogP contribution in [0.4, 0.5) is 0 Å². The van der Waals surface area contributed by atoms with Crippen LogP contribution < -0.4 is 4.72 Å². The smallest absolute Gasteiger partial charge is 0.306 e. The first-order valence-electron chi connectivity index (χ1n) is 9.30. The lowest BCUT2D eigenvalue weighted by atomic mass is 10.2. The van der Waals surface area contributed by atoms with Crippen LogP contribution >= 0.6 is 0 Å². The maximum Gasteiger partial charge on any atom is 0.306 e. The maximum absolute atomic E-state index is 12.1. The molecule has 0 aliphatic carbocycles. The molecule has 8 nitrogen and oxygen atoms in total. The standard InChI is InChI=1S/C21H18N4O4S/c22-12-17-15(13-25-11-4-3-7-18(17)25)14-29-20(26)9-5-10-23-21-16-6-1-2-8-19(16)30(27,28)24-21/h1-4,6-8,11,13H,5,9-10,14H2,(H,23,24). The van der Waals surface area contributed by atoms with E-state index in [1.165, 1.54) is 6.07 Å². The number of fused-ring (bicyclic) bond motifs is 2. The third-order valence-electron chi connectivity index (χ3n) is 4.73. The average molecular weight is 422 g/mol. The number of benzene rings is 1. The fourth-order valence-corrected chi connectivity index (χ4v) is 4.56. The highest BCUT2D eigenvalue weighted by atomic mass is 32.2. The lowest BCUT2D eigenvalue weighted by Crippen LogP contribution is -2.22. The van der Waals surface area contributed by atoms with Crippen molar-refractivity contribution >= 4 is 27.3 Å². The van der Waals surface area contributed by atoms with Crippen molar-refractivity contribution in [2.45, 2.75) is 24.3 Å². The number of sulfonamides is 1. The number of esters is 1. The number of nitrogens with zero attached hydrogens (tertiary/aromatic N) is 3. The third-order valence-corrected chi connectivity index (χ3v) is 6.13. The molecule has 0 atom stereocenters. The summed E-state index contributed by atoms with van der Waals surface area (Å²) in [5, 5.41) is 9.39. The van der Waals surface area contributed by atoms with Crippen LogP contribution in [0.5, 0.6) is 0 Å². The Morgan fingerprint density at radius 3 is 2.83 bits per heavy atom. The van der Waals surface area contributed by atoms with E-state index in [-0.39, 0.29) is 30.3 Å². The quantitative estimate of drug-likeness (QED) is 0.484. The summed E-state index contributed by atoms with van der Waals surface area (Å²) in [5.41, 5.74) is 2.43. The molecule has 0 bridgehead atoms. The monoisotopic (exact) mass is 422 g/mol. The molecular formula is C21H18N4O4S. The van der Waals surface area contributed by atoms with Crippen molar-refractivity contribution in [3.05, 3.63) is 71.5 Å². The van der Waals surface area contributed by atoms with Gasteiger partial charge in [-0.25, -0.2) is 8.42 Å².